The van der Waals surface area contributed by atoms with Crippen molar-refractivity contribution in [1.29, 1.82) is 0 Å². The first-order valence-corrected chi connectivity index (χ1v) is 11.0. The predicted molar refractivity (Wildman–Crippen MR) is 123 cm³/mol. The number of rotatable bonds is 5. The third-order valence-corrected chi connectivity index (χ3v) is 6.42. The van der Waals surface area contributed by atoms with Gasteiger partial charge in [-0.25, -0.2) is 4.98 Å². The number of nitrogens with zero attached hydrogens (tertiary/aromatic N) is 1. The largest absolute Gasteiger partial charge is 0.506 e. The van der Waals surface area contributed by atoms with E-state index >= 15 is 0 Å². The van der Waals surface area contributed by atoms with Gasteiger partial charge in [0.25, 0.3) is 5.56 Å². The molecule has 1 amide bonds. The molecule has 0 aliphatic carbocycles. The molecule has 0 spiro atoms. The van der Waals surface area contributed by atoms with E-state index in [2.05, 4.69) is 15.3 Å². The fourth-order valence-corrected chi connectivity index (χ4v) is 4.95. The van der Waals surface area contributed by atoms with Crippen LogP contribution < -0.4 is 10.9 Å². The molecule has 2 aromatic carbocycles. The van der Waals surface area contributed by atoms with Crippen LogP contribution in [0.4, 0.5) is 5.69 Å². The van der Waals surface area contributed by atoms with E-state index in [1.165, 1.54) is 17.4 Å². The highest BCUT2D eigenvalue weighted by Gasteiger charge is 2.17. The maximum absolute atomic E-state index is 12.8. The number of thioether (sulfide) groups is 1. The number of aromatic hydroxyl groups is 1. The molecule has 2 aromatic heterocycles. The van der Waals surface area contributed by atoms with Gasteiger partial charge in [-0.1, -0.05) is 48.2 Å². The molecule has 152 valence electrons. The summed E-state index contributed by atoms with van der Waals surface area (Å²) in [6, 6.07) is 14.8. The number of fused-ring (bicyclic) bond motifs is 1. The van der Waals surface area contributed by atoms with Gasteiger partial charge in [0.05, 0.1) is 16.8 Å². The van der Waals surface area contributed by atoms with Crippen LogP contribution in [0, 0.1) is 13.8 Å². The number of aryl methyl sites for hydroxylation is 2. The van der Waals surface area contributed by atoms with Crippen LogP contribution in [0.15, 0.2) is 58.5 Å². The lowest BCUT2D eigenvalue weighted by Crippen LogP contribution is -2.15. The van der Waals surface area contributed by atoms with E-state index in [-0.39, 0.29) is 23.0 Å². The minimum Gasteiger partial charge on any atom is -0.506 e. The van der Waals surface area contributed by atoms with Crippen molar-refractivity contribution in [3.05, 3.63) is 69.3 Å². The Morgan fingerprint density at radius 3 is 2.73 bits per heavy atom. The molecule has 0 fully saturated rings. The molecule has 6 nitrogen and oxygen atoms in total. The molecule has 0 saturated carbocycles. The number of carbonyl (C=O) groups excluding carboxylic acids is 1. The zero-order valence-electron chi connectivity index (χ0n) is 16.4. The predicted octanol–water partition coefficient (Wildman–Crippen LogP) is 4.70. The van der Waals surface area contributed by atoms with Crippen LogP contribution in [0.1, 0.15) is 10.4 Å². The second-order valence-electron chi connectivity index (χ2n) is 6.81. The SMILES string of the molecule is Cc1ccc(O)c(NC(=O)CSc2nc3sc(C)c(-c4ccccc4)c3c(=O)[nH]2)c1. The van der Waals surface area contributed by atoms with Crippen LogP contribution in [0.2, 0.25) is 0 Å². The molecule has 0 saturated heterocycles. The second kappa shape index (κ2) is 8.33. The van der Waals surface area contributed by atoms with E-state index in [0.29, 0.717) is 21.1 Å². The van der Waals surface area contributed by atoms with Crippen molar-refractivity contribution in [3.63, 3.8) is 0 Å². The van der Waals surface area contributed by atoms with Crippen molar-refractivity contribution in [3.8, 4) is 16.9 Å². The second-order valence-corrected chi connectivity index (χ2v) is 8.98. The average molecular weight is 438 g/mol. The zero-order chi connectivity index (χ0) is 21.3. The van der Waals surface area contributed by atoms with E-state index in [1.807, 2.05) is 44.2 Å². The maximum atomic E-state index is 12.8. The van der Waals surface area contributed by atoms with Gasteiger partial charge in [-0.2, -0.15) is 0 Å². The summed E-state index contributed by atoms with van der Waals surface area (Å²) in [5.41, 5.74) is 2.94. The highest BCUT2D eigenvalue weighted by atomic mass is 32.2. The lowest BCUT2D eigenvalue weighted by molar-refractivity contribution is -0.113. The van der Waals surface area contributed by atoms with Crippen LogP contribution in [-0.4, -0.2) is 26.7 Å². The molecule has 0 aliphatic heterocycles. The third kappa shape index (κ3) is 4.10. The Balaban J connectivity index is 1.55. The monoisotopic (exact) mass is 437 g/mol. The molecule has 0 bridgehead atoms. The van der Waals surface area contributed by atoms with Gasteiger partial charge in [0, 0.05) is 10.4 Å². The van der Waals surface area contributed by atoms with Crippen molar-refractivity contribution in [2.45, 2.75) is 19.0 Å². The molecule has 8 heteroatoms. The molecule has 30 heavy (non-hydrogen) atoms. The number of benzene rings is 2. The summed E-state index contributed by atoms with van der Waals surface area (Å²) in [6.45, 7) is 3.85. The first kappa shape index (κ1) is 20.2. The molecule has 0 unspecified atom stereocenters. The fraction of sp³-hybridized carbons (Fsp3) is 0.136. The quantitative estimate of drug-likeness (QED) is 0.239. The Hall–Kier alpha value is -3.10. The van der Waals surface area contributed by atoms with Crippen LogP contribution in [-0.2, 0) is 4.79 Å². The number of phenolic OH excluding ortho intramolecular Hbond substituents is 1. The molecule has 0 aliphatic rings. The molecule has 3 N–H and O–H groups in total. The number of aromatic amines is 1. The molecule has 2 heterocycles. The van der Waals surface area contributed by atoms with E-state index in [9.17, 15) is 14.7 Å². The summed E-state index contributed by atoms with van der Waals surface area (Å²) >= 11 is 2.61. The molecule has 0 radical (unpaired) electrons. The van der Waals surface area contributed by atoms with Crippen LogP contribution in [0.5, 0.6) is 5.75 Å². The summed E-state index contributed by atoms with van der Waals surface area (Å²) < 4.78 is 0. The number of aromatic nitrogens is 2. The first-order chi connectivity index (χ1) is 14.4. The van der Waals surface area contributed by atoms with Crippen molar-refractivity contribution < 1.29 is 9.90 Å². The average Bonchev–Trinajstić information content (AvgIpc) is 3.06. The lowest BCUT2D eigenvalue weighted by atomic mass is 10.0. The van der Waals surface area contributed by atoms with Gasteiger partial charge < -0.3 is 15.4 Å². The van der Waals surface area contributed by atoms with Crippen molar-refractivity contribution in [2.24, 2.45) is 0 Å². The van der Waals surface area contributed by atoms with Crippen LogP contribution in [0.3, 0.4) is 0 Å². The molecule has 4 aromatic rings. The minimum atomic E-state index is -0.295. The van der Waals surface area contributed by atoms with E-state index < -0.39 is 0 Å². The van der Waals surface area contributed by atoms with E-state index in [0.717, 1.165) is 33.3 Å². The van der Waals surface area contributed by atoms with Crippen molar-refractivity contribution in [2.75, 3.05) is 11.1 Å². The highest BCUT2D eigenvalue weighted by Crippen LogP contribution is 2.35. The molecule has 4 rings (SSSR count). The van der Waals surface area contributed by atoms with Gasteiger partial charge >= 0.3 is 0 Å². The van der Waals surface area contributed by atoms with Crippen molar-refractivity contribution >= 4 is 44.9 Å². The van der Waals surface area contributed by atoms with Gasteiger partial charge in [0.15, 0.2) is 5.16 Å². The normalized spacial score (nSPS) is 11.0. The van der Waals surface area contributed by atoms with Gasteiger partial charge in [-0.3, -0.25) is 9.59 Å². The van der Waals surface area contributed by atoms with E-state index in [4.69, 9.17) is 0 Å². The Bertz CT molecular complexity index is 1300. The summed E-state index contributed by atoms with van der Waals surface area (Å²) in [5, 5.41) is 13.5. The number of thiophene rings is 1. The number of hydrogen-bond acceptors (Lipinski definition) is 6. The van der Waals surface area contributed by atoms with E-state index in [1.54, 1.807) is 12.1 Å². The van der Waals surface area contributed by atoms with Gasteiger partial charge in [0.1, 0.15) is 10.6 Å². The van der Waals surface area contributed by atoms with Gasteiger partial charge in [0.2, 0.25) is 5.91 Å². The molecule has 0 atom stereocenters. The lowest BCUT2D eigenvalue weighted by Gasteiger charge is -2.08. The Morgan fingerprint density at radius 1 is 1.20 bits per heavy atom. The topological polar surface area (TPSA) is 95.1 Å². The molecular formula is C22H19N3O3S2. The Labute approximate surface area is 181 Å². The minimum absolute atomic E-state index is 0.00871. The number of anilines is 1. The number of carbonyl (C=O) groups is 1. The van der Waals surface area contributed by atoms with Crippen LogP contribution >= 0.6 is 23.1 Å². The van der Waals surface area contributed by atoms with Gasteiger partial charge in [-0.15, -0.1) is 11.3 Å². The fourth-order valence-electron chi connectivity index (χ4n) is 3.19. The van der Waals surface area contributed by atoms with Crippen LogP contribution in [0.25, 0.3) is 21.3 Å². The number of nitrogens with one attached hydrogen (secondary N) is 2. The number of H-pyrrole nitrogens is 1. The number of hydrogen-bond donors (Lipinski definition) is 3. The van der Waals surface area contributed by atoms with Gasteiger partial charge in [-0.05, 0) is 37.1 Å². The highest BCUT2D eigenvalue weighted by molar-refractivity contribution is 7.99. The molecular weight excluding hydrogens is 418 g/mol. The standard InChI is InChI=1S/C22H19N3O3S2/c1-12-8-9-16(26)15(10-12)23-17(27)11-29-22-24-20(28)19-18(13(2)30-21(19)25-22)14-6-4-3-5-7-14/h3-10,26H,11H2,1-2H3,(H,23,27)(H,24,25,28). The number of phenols is 1. The van der Waals surface area contributed by atoms with Crippen molar-refractivity contribution in [1.82, 2.24) is 9.97 Å². The zero-order valence-corrected chi connectivity index (χ0v) is 18.0. The number of amides is 1. The summed E-state index contributed by atoms with van der Waals surface area (Å²) in [6.07, 6.45) is 0. The maximum Gasteiger partial charge on any atom is 0.260 e. The summed E-state index contributed by atoms with van der Waals surface area (Å²) in [4.78, 5) is 34.1. The Morgan fingerprint density at radius 2 is 1.97 bits per heavy atom. The summed E-state index contributed by atoms with van der Waals surface area (Å²) in [5.74, 6) is -0.233. The summed E-state index contributed by atoms with van der Waals surface area (Å²) in [7, 11) is 0. The Kier molecular flexibility index (Phi) is 5.61. The first-order valence-electron chi connectivity index (χ1n) is 9.23. The smallest absolute Gasteiger partial charge is 0.260 e. The third-order valence-electron chi connectivity index (χ3n) is 4.54.